The van der Waals surface area contributed by atoms with Crippen molar-refractivity contribution in [2.75, 3.05) is 13.1 Å². The van der Waals surface area contributed by atoms with Gasteiger partial charge >= 0.3 is 0 Å². The van der Waals surface area contributed by atoms with Crippen LogP contribution in [0.1, 0.15) is 47.0 Å². The summed E-state index contributed by atoms with van der Waals surface area (Å²) in [5.74, 6) is 6.02. The highest BCUT2D eigenvalue weighted by atomic mass is 16.3. The quantitative estimate of drug-likeness (QED) is 0.648. The van der Waals surface area contributed by atoms with E-state index in [1.807, 2.05) is 0 Å². The molecule has 2 heteroatoms. The maximum absolute atomic E-state index is 9.16. The Kier molecular flexibility index (Phi) is 3.27. The van der Waals surface area contributed by atoms with Crippen molar-refractivity contribution in [2.24, 2.45) is 10.8 Å². The summed E-state index contributed by atoms with van der Waals surface area (Å²) in [6.07, 6.45) is 3.56. The third-order valence-electron chi connectivity index (χ3n) is 4.30. The molecule has 2 rings (SSSR count). The van der Waals surface area contributed by atoms with Gasteiger partial charge in [0.1, 0.15) is 12.6 Å². The van der Waals surface area contributed by atoms with Crippen molar-refractivity contribution in [3.05, 3.63) is 0 Å². The first-order chi connectivity index (χ1) is 7.80. The lowest BCUT2D eigenvalue weighted by Gasteiger charge is -2.37. The second-order valence-electron chi connectivity index (χ2n) is 7.27. The molecule has 1 heterocycles. The zero-order valence-electron chi connectivity index (χ0n) is 11.6. The lowest BCUT2D eigenvalue weighted by molar-refractivity contribution is -0.907. The molecule has 1 aliphatic heterocycles. The molecule has 0 spiro atoms. The highest BCUT2D eigenvalue weighted by molar-refractivity contribution is 5.04. The first kappa shape index (κ1) is 12.9. The maximum atomic E-state index is 9.16. The normalized spacial score (nSPS) is 40.5. The summed E-state index contributed by atoms with van der Waals surface area (Å²) in [6, 6.07) is 0.784. The molecule has 17 heavy (non-hydrogen) atoms. The third-order valence-corrected chi connectivity index (χ3v) is 4.30. The molecule has 1 unspecified atom stereocenters. The van der Waals surface area contributed by atoms with E-state index in [-0.39, 0.29) is 0 Å². The third kappa shape index (κ3) is 3.03. The van der Waals surface area contributed by atoms with E-state index in [2.05, 4.69) is 32.6 Å². The van der Waals surface area contributed by atoms with Crippen LogP contribution in [0.2, 0.25) is 0 Å². The van der Waals surface area contributed by atoms with Crippen molar-refractivity contribution in [3.63, 3.8) is 0 Å². The van der Waals surface area contributed by atoms with Crippen LogP contribution in [0.5, 0.6) is 0 Å². The molecule has 0 aromatic carbocycles. The van der Waals surface area contributed by atoms with Crippen molar-refractivity contribution in [2.45, 2.75) is 59.1 Å². The Morgan fingerprint density at radius 3 is 2.71 bits per heavy atom. The van der Waals surface area contributed by atoms with Crippen LogP contribution in [-0.4, -0.2) is 30.3 Å². The Hall–Kier alpha value is -0.520. The Balaban J connectivity index is 2.02. The van der Waals surface area contributed by atoms with E-state index in [0.29, 0.717) is 10.8 Å². The van der Waals surface area contributed by atoms with E-state index in [0.717, 1.165) is 12.6 Å². The number of likely N-dealkylation sites (tertiary alicyclic amines) is 1. The van der Waals surface area contributed by atoms with Gasteiger partial charge in [-0.3, -0.25) is 0 Å². The van der Waals surface area contributed by atoms with Crippen LogP contribution >= 0.6 is 0 Å². The molecule has 0 radical (unpaired) electrons. The van der Waals surface area contributed by atoms with E-state index in [1.54, 1.807) is 11.8 Å². The molecule has 0 amide bonds. The fourth-order valence-electron chi connectivity index (χ4n) is 4.27. The van der Waals surface area contributed by atoms with Crippen molar-refractivity contribution < 1.29 is 10.0 Å². The monoisotopic (exact) mass is 236 g/mol. The molecule has 1 saturated heterocycles. The average molecular weight is 236 g/mol. The van der Waals surface area contributed by atoms with Crippen molar-refractivity contribution in [3.8, 4) is 11.8 Å². The van der Waals surface area contributed by atoms with Gasteiger partial charge in [0.05, 0.1) is 12.6 Å². The maximum Gasteiger partial charge on any atom is 0.139 e. The van der Waals surface area contributed by atoms with Gasteiger partial charge in [0.2, 0.25) is 0 Å². The van der Waals surface area contributed by atoms with Crippen LogP contribution in [0.25, 0.3) is 0 Å². The molecule has 2 aliphatic rings. The Morgan fingerprint density at radius 1 is 1.35 bits per heavy atom. The van der Waals surface area contributed by atoms with E-state index in [1.165, 1.54) is 25.8 Å². The number of fused-ring (bicyclic) bond motifs is 2. The second kappa shape index (κ2) is 4.30. The van der Waals surface area contributed by atoms with Crippen molar-refractivity contribution in [1.82, 2.24) is 0 Å². The molecule has 4 atom stereocenters. The summed E-state index contributed by atoms with van der Waals surface area (Å²) >= 11 is 0. The van der Waals surface area contributed by atoms with Crippen LogP contribution in [-0.2, 0) is 0 Å². The minimum Gasteiger partial charge on any atom is -0.381 e. The zero-order valence-corrected chi connectivity index (χ0v) is 11.6. The van der Waals surface area contributed by atoms with Crippen LogP contribution in [0.4, 0.5) is 0 Å². The largest absolute Gasteiger partial charge is 0.381 e. The van der Waals surface area contributed by atoms with Gasteiger partial charge in [-0.25, -0.2) is 0 Å². The van der Waals surface area contributed by atoms with E-state index < -0.39 is 6.10 Å². The summed E-state index contributed by atoms with van der Waals surface area (Å²) in [7, 11) is 0. The smallest absolute Gasteiger partial charge is 0.139 e. The SMILES string of the molecule is C[C@H](O)C#CC[NH+]1C[C@]2(C)C[C@H]1CC(C)(C)C2. The molecule has 2 bridgehead atoms. The topological polar surface area (TPSA) is 24.7 Å². The molecular formula is C15H26NO+. The second-order valence-corrected chi connectivity index (χ2v) is 7.27. The molecule has 2 nitrogen and oxygen atoms in total. The van der Waals surface area contributed by atoms with Gasteiger partial charge in [0.15, 0.2) is 0 Å². The predicted molar refractivity (Wildman–Crippen MR) is 69.7 cm³/mol. The summed E-state index contributed by atoms with van der Waals surface area (Å²) < 4.78 is 0. The van der Waals surface area contributed by atoms with Gasteiger partial charge in [-0.05, 0) is 24.7 Å². The van der Waals surface area contributed by atoms with Crippen LogP contribution in [0, 0.1) is 22.7 Å². The molecule has 0 aromatic rings. The van der Waals surface area contributed by atoms with E-state index >= 15 is 0 Å². The number of aliphatic hydroxyl groups excluding tert-OH is 1. The van der Waals surface area contributed by atoms with E-state index in [4.69, 9.17) is 5.11 Å². The first-order valence-electron chi connectivity index (χ1n) is 6.81. The number of aliphatic hydroxyl groups is 1. The van der Waals surface area contributed by atoms with Gasteiger partial charge in [-0.15, -0.1) is 0 Å². The average Bonchev–Trinajstić information content (AvgIpc) is 2.34. The minimum absolute atomic E-state index is 0.483. The van der Waals surface area contributed by atoms with Gasteiger partial charge in [0, 0.05) is 18.3 Å². The number of rotatable bonds is 1. The summed E-state index contributed by atoms with van der Waals surface area (Å²) in [5.41, 5.74) is 1.02. The van der Waals surface area contributed by atoms with Crippen LogP contribution in [0.15, 0.2) is 0 Å². The Labute approximate surface area is 105 Å². The molecule has 1 saturated carbocycles. The van der Waals surface area contributed by atoms with Crippen molar-refractivity contribution >= 4 is 0 Å². The molecule has 2 N–H and O–H groups in total. The van der Waals surface area contributed by atoms with Gasteiger partial charge < -0.3 is 10.0 Å². The Morgan fingerprint density at radius 2 is 2.06 bits per heavy atom. The van der Waals surface area contributed by atoms with Crippen molar-refractivity contribution in [1.29, 1.82) is 0 Å². The highest BCUT2D eigenvalue weighted by Gasteiger charge is 2.52. The summed E-state index contributed by atoms with van der Waals surface area (Å²) in [4.78, 5) is 1.64. The number of hydrogen-bond acceptors (Lipinski definition) is 1. The van der Waals surface area contributed by atoms with Gasteiger partial charge in [-0.2, -0.15) is 0 Å². The zero-order chi connectivity index (χ0) is 12.7. The number of hydrogen-bond donors (Lipinski definition) is 2. The van der Waals surface area contributed by atoms with Gasteiger partial charge in [-0.1, -0.05) is 26.7 Å². The standard InChI is InChI=1S/C15H25NO/c1-12(17)6-5-7-16-11-15(4)9-13(16)8-14(2,3)10-15/h12-13,17H,7-11H2,1-4H3/p+1/t12-,13+,15+/m0/s1. The lowest BCUT2D eigenvalue weighted by Crippen LogP contribution is -3.13. The molecule has 96 valence electrons. The molecular weight excluding hydrogens is 210 g/mol. The fourth-order valence-corrected chi connectivity index (χ4v) is 4.27. The van der Waals surface area contributed by atoms with E-state index in [9.17, 15) is 0 Å². The summed E-state index contributed by atoms with van der Waals surface area (Å²) in [5, 5.41) is 9.16. The minimum atomic E-state index is -0.483. The lowest BCUT2D eigenvalue weighted by atomic mass is 9.65. The summed E-state index contributed by atoms with van der Waals surface area (Å²) in [6.45, 7) is 11.1. The molecule has 0 aromatic heterocycles. The van der Waals surface area contributed by atoms with Crippen LogP contribution < -0.4 is 4.90 Å². The number of quaternary nitrogens is 1. The predicted octanol–water partition coefficient (Wildman–Crippen LogP) is 0.854. The Bertz CT molecular complexity index is 350. The molecule has 2 fully saturated rings. The van der Waals surface area contributed by atoms with Gasteiger partial charge in [0.25, 0.3) is 0 Å². The van der Waals surface area contributed by atoms with Crippen LogP contribution in [0.3, 0.4) is 0 Å². The number of nitrogens with one attached hydrogen (secondary N) is 1. The fraction of sp³-hybridized carbons (Fsp3) is 0.867. The highest BCUT2D eigenvalue weighted by Crippen LogP contribution is 2.47. The molecule has 1 aliphatic carbocycles. The first-order valence-corrected chi connectivity index (χ1v) is 6.81.